The summed E-state index contributed by atoms with van der Waals surface area (Å²) >= 11 is 0. The number of carbonyl (C=O) groups is 1. The fourth-order valence-corrected chi connectivity index (χ4v) is 2.94. The third-order valence-corrected chi connectivity index (χ3v) is 3.96. The molecule has 1 fully saturated rings. The van der Waals surface area contributed by atoms with E-state index in [1.165, 1.54) is 10.9 Å². The number of aliphatic carboxylic acids is 1. The van der Waals surface area contributed by atoms with Crippen molar-refractivity contribution in [3.05, 3.63) is 36.0 Å². The van der Waals surface area contributed by atoms with Crippen LogP contribution in [0.5, 0.6) is 0 Å². The summed E-state index contributed by atoms with van der Waals surface area (Å²) in [7, 11) is 0. The number of hydrogen-bond acceptors (Lipinski definition) is 1. The molecule has 0 unspecified atom stereocenters. The van der Waals surface area contributed by atoms with Gasteiger partial charge < -0.3 is 10.1 Å². The molecule has 3 nitrogen and oxygen atoms in total. The summed E-state index contributed by atoms with van der Waals surface area (Å²) in [4.78, 5) is 14.3. The summed E-state index contributed by atoms with van der Waals surface area (Å²) in [6, 6.07) is 8.11. The number of carboxylic acids is 1. The van der Waals surface area contributed by atoms with Gasteiger partial charge in [-0.3, -0.25) is 4.79 Å². The molecule has 2 aromatic rings. The van der Waals surface area contributed by atoms with Gasteiger partial charge in [0.15, 0.2) is 0 Å². The van der Waals surface area contributed by atoms with Crippen molar-refractivity contribution < 1.29 is 9.90 Å². The number of H-pyrrole nitrogens is 1. The topological polar surface area (TPSA) is 53.1 Å². The molecule has 2 N–H and O–H groups in total. The van der Waals surface area contributed by atoms with Gasteiger partial charge >= 0.3 is 5.97 Å². The Hall–Kier alpha value is -1.77. The Kier molecular flexibility index (Phi) is 2.21. The van der Waals surface area contributed by atoms with Crippen molar-refractivity contribution >= 4 is 16.9 Å². The summed E-state index contributed by atoms with van der Waals surface area (Å²) in [5, 5.41) is 10.2. The van der Waals surface area contributed by atoms with Crippen LogP contribution in [-0.4, -0.2) is 16.1 Å². The molecular weight excluding hydrogens is 214 g/mol. The molecule has 1 heterocycles. The van der Waals surface area contributed by atoms with Gasteiger partial charge in [0.2, 0.25) is 0 Å². The number of carboxylic acid groups (broad SMARTS) is 1. The highest BCUT2D eigenvalue weighted by molar-refractivity contribution is 5.85. The van der Waals surface area contributed by atoms with Gasteiger partial charge in [0.25, 0.3) is 0 Å². The van der Waals surface area contributed by atoms with Crippen molar-refractivity contribution in [2.75, 3.05) is 0 Å². The van der Waals surface area contributed by atoms with Gasteiger partial charge in [0.05, 0.1) is 6.42 Å². The Bertz CT molecular complexity index is 566. The predicted molar refractivity (Wildman–Crippen MR) is 66.1 cm³/mol. The Morgan fingerprint density at radius 3 is 2.76 bits per heavy atom. The van der Waals surface area contributed by atoms with Gasteiger partial charge in [-0.15, -0.1) is 0 Å². The molecular formula is C14H15NO2. The van der Waals surface area contributed by atoms with E-state index in [1.54, 1.807) is 0 Å². The van der Waals surface area contributed by atoms with Gasteiger partial charge in [-0.2, -0.15) is 0 Å². The standard InChI is InChI=1S/C14H15NO2/c16-13(17)8-14(6-3-7-14)11-9-15-12-5-2-1-4-10(11)12/h1-2,4-5,9,15H,3,6-8H2,(H,16,17). The van der Waals surface area contributed by atoms with E-state index in [9.17, 15) is 4.79 Å². The van der Waals surface area contributed by atoms with Gasteiger partial charge in [-0.05, 0) is 24.5 Å². The zero-order chi connectivity index (χ0) is 11.9. The third kappa shape index (κ3) is 1.54. The van der Waals surface area contributed by atoms with E-state index in [0.717, 1.165) is 24.8 Å². The molecule has 3 heteroatoms. The molecule has 0 bridgehead atoms. The van der Waals surface area contributed by atoms with Crippen molar-refractivity contribution in [2.24, 2.45) is 0 Å². The highest BCUT2D eigenvalue weighted by atomic mass is 16.4. The Balaban J connectivity index is 2.10. The molecule has 0 atom stereocenters. The second-order valence-electron chi connectivity index (χ2n) is 4.95. The predicted octanol–water partition coefficient (Wildman–Crippen LogP) is 3.06. The zero-order valence-corrected chi connectivity index (χ0v) is 9.57. The molecule has 1 aliphatic carbocycles. The van der Waals surface area contributed by atoms with Crippen LogP contribution in [0.25, 0.3) is 10.9 Å². The zero-order valence-electron chi connectivity index (χ0n) is 9.57. The number of rotatable bonds is 3. The molecule has 0 spiro atoms. The number of fused-ring (bicyclic) bond motifs is 1. The van der Waals surface area contributed by atoms with E-state index in [1.807, 2.05) is 24.4 Å². The fourth-order valence-electron chi connectivity index (χ4n) is 2.94. The van der Waals surface area contributed by atoms with Crippen LogP contribution >= 0.6 is 0 Å². The lowest BCUT2D eigenvalue weighted by atomic mass is 9.62. The second kappa shape index (κ2) is 3.62. The number of benzene rings is 1. The van der Waals surface area contributed by atoms with E-state index in [2.05, 4.69) is 11.1 Å². The first-order valence-corrected chi connectivity index (χ1v) is 6.00. The number of hydrogen-bond donors (Lipinski definition) is 2. The molecule has 0 saturated heterocycles. The molecule has 3 rings (SSSR count). The van der Waals surface area contributed by atoms with Crippen LogP contribution in [0.1, 0.15) is 31.2 Å². The summed E-state index contributed by atoms with van der Waals surface area (Å²) in [5.41, 5.74) is 2.15. The molecule has 1 aliphatic rings. The lowest BCUT2D eigenvalue weighted by Gasteiger charge is -2.40. The molecule has 0 amide bonds. The maximum absolute atomic E-state index is 11.0. The van der Waals surface area contributed by atoms with Crippen LogP contribution in [-0.2, 0) is 10.2 Å². The number of aromatic amines is 1. The van der Waals surface area contributed by atoms with Gasteiger partial charge in [-0.1, -0.05) is 24.6 Å². The van der Waals surface area contributed by atoms with Gasteiger partial charge in [0.1, 0.15) is 0 Å². The highest BCUT2D eigenvalue weighted by Crippen LogP contribution is 2.48. The summed E-state index contributed by atoms with van der Waals surface area (Å²) < 4.78 is 0. The molecule has 1 aromatic carbocycles. The number of para-hydroxylation sites is 1. The van der Waals surface area contributed by atoms with Crippen LogP contribution in [0.3, 0.4) is 0 Å². The van der Waals surface area contributed by atoms with Crippen LogP contribution in [0.4, 0.5) is 0 Å². The largest absolute Gasteiger partial charge is 0.481 e. The van der Waals surface area contributed by atoms with Crippen LogP contribution in [0.2, 0.25) is 0 Å². The van der Waals surface area contributed by atoms with Crippen LogP contribution < -0.4 is 0 Å². The van der Waals surface area contributed by atoms with Crippen molar-refractivity contribution in [1.82, 2.24) is 4.98 Å². The summed E-state index contributed by atoms with van der Waals surface area (Å²) in [6.07, 6.45) is 5.34. The first-order chi connectivity index (χ1) is 8.21. The van der Waals surface area contributed by atoms with Crippen LogP contribution in [0, 0.1) is 0 Å². The number of aromatic nitrogens is 1. The molecule has 1 aromatic heterocycles. The molecule has 17 heavy (non-hydrogen) atoms. The van der Waals surface area contributed by atoms with E-state index in [0.29, 0.717) is 0 Å². The van der Waals surface area contributed by atoms with Crippen molar-refractivity contribution in [3.8, 4) is 0 Å². The summed E-state index contributed by atoms with van der Waals surface area (Å²) in [5.74, 6) is -0.699. The van der Waals surface area contributed by atoms with E-state index in [4.69, 9.17) is 5.11 Å². The quantitative estimate of drug-likeness (QED) is 0.849. The number of nitrogens with one attached hydrogen (secondary N) is 1. The Labute approximate surface area is 99.5 Å². The normalized spacial score (nSPS) is 17.9. The summed E-state index contributed by atoms with van der Waals surface area (Å²) in [6.45, 7) is 0. The molecule has 0 aliphatic heterocycles. The minimum absolute atomic E-state index is 0.133. The highest BCUT2D eigenvalue weighted by Gasteiger charge is 2.41. The van der Waals surface area contributed by atoms with E-state index < -0.39 is 5.97 Å². The monoisotopic (exact) mass is 229 g/mol. The maximum Gasteiger partial charge on any atom is 0.304 e. The van der Waals surface area contributed by atoms with Crippen molar-refractivity contribution in [2.45, 2.75) is 31.1 Å². The molecule has 0 radical (unpaired) electrons. The third-order valence-electron chi connectivity index (χ3n) is 3.96. The molecule has 1 saturated carbocycles. The van der Waals surface area contributed by atoms with E-state index in [-0.39, 0.29) is 11.8 Å². The SMILES string of the molecule is O=C(O)CC1(c2c[nH]c3ccccc23)CCC1. The minimum atomic E-state index is -0.699. The lowest BCUT2D eigenvalue weighted by Crippen LogP contribution is -2.36. The van der Waals surface area contributed by atoms with Crippen molar-refractivity contribution in [1.29, 1.82) is 0 Å². The van der Waals surface area contributed by atoms with Gasteiger partial charge in [0, 0.05) is 22.5 Å². The van der Waals surface area contributed by atoms with Crippen LogP contribution in [0.15, 0.2) is 30.5 Å². The lowest BCUT2D eigenvalue weighted by molar-refractivity contribution is -0.139. The fraction of sp³-hybridized carbons (Fsp3) is 0.357. The second-order valence-corrected chi connectivity index (χ2v) is 4.95. The molecule has 88 valence electrons. The average Bonchev–Trinajstić information content (AvgIpc) is 2.67. The first-order valence-electron chi connectivity index (χ1n) is 6.00. The smallest absolute Gasteiger partial charge is 0.304 e. The van der Waals surface area contributed by atoms with Crippen molar-refractivity contribution in [3.63, 3.8) is 0 Å². The average molecular weight is 229 g/mol. The maximum atomic E-state index is 11.0. The Morgan fingerprint density at radius 1 is 1.35 bits per heavy atom. The minimum Gasteiger partial charge on any atom is -0.481 e. The first kappa shape index (κ1) is 10.4. The Morgan fingerprint density at radius 2 is 2.12 bits per heavy atom. The van der Waals surface area contributed by atoms with E-state index >= 15 is 0 Å². The van der Waals surface area contributed by atoms with Gasteiger partial charge in [-0.25, -0.2) is 0 Å².